The van der Waals surface area contributed by atoms with E-state index in [0.717, 1.165) is 22.3 Å². The molecule has 0 aliphatic heterocycles. The number of hydrogen-bond donors (Lipinski definition) is 1. The van der Waals surface area contributed by atoms with Crippen molar-refractivity contribution in [3.05, 3.63) is 66.1 Å². The van der Waals surface area contributed by atoms with Crippen molar-refractivity contribution in [2.75, 3.05) is 5.73 Å². The fourth-order valence-electron chi connectivity index (χ4n) is 1.98. The number of nitrogen functional groups attached to an aromatic ring is 1. The summed E-state index contributed by atoms with van der Waals surface area (Å²) in [5.74, 6) is 0. The molecule has 18 heavy (non-hydrogen) atoms. The molecule has 3 nitrogen and oxygen atoms in total. The Morgan fingerprint density at radius 1 is 0.944 bits per heavy atom. The van der Waals surface area contributed by atoms with Crippen LogP contribution in [0.25, 0.3) is 10.9 Å². The van der Waals surface area contributed by atoms with Crippen LogP contribution < -0.4 is 5.73 Å². The second-order valence-electron chi connectivity index (χ2n) is 4.21. The number of pyridine rings is 2. The maximum Gasteiger partial charge on any atom is 0.0705 e. The maximum atomic E-state index is 5.89. The van der Waals surface area contributed by atoms with Crippen molar-refractivity contribution in [2.45, 2.75) is 6.42 Å². The molecule has 0 saturated carbocycles. The van der Waals surface area contributed by atoms with Crippen molar-refractivity contribution in [2.24, 2.45) is 0 Å². The number of benzene rings is 1. The number of nitrogens with zero attached hydrogens (tertiary/aromatic N) is 2. The summed E-state index contributed by atoms with van der Waals surface area (Å²) in [5.41, 5.74) is 9.47. The number of rotatable bonds is 2. The monoisotopic (exact) mass is 235 g/mol. The normalized spacial score (nSPS) is 10.7. The molecule has 3 heteroatoms. The lowest BCUT2D eigenvalue weighted by Gasteiger charge is -2.05. The molecule has 0 unspecified atom stereocenters. The standard InChI is InChI=1S/C15H13N3/c16-13-5-3-9-17-15(13)10-12-8-7-11-4-1-2-6-14(11)18-12/h1-9H,10,16H2. The van der Waals surface area contributed by atoms with Crippen LogP contribution in [0, 0.1) is 0 Å². The van der Waals surface area contributed by atoms with Gasteiger partial charge < -0.3 is 5.73 Å². The maximum absolute atomic E-state index is 5.89. The zero-order valence-electron chi connectivity index (χ0n) is 9.88. The van der Waals surface area contributed by atoms with E-state index in [-0.39, 0.29) is 0 Å². The highest BCUT2D eigenvalue weighted by molar-refractivity contribution is 5.78. The molecule has 2 heterocycles. The largest absolute Gasteiger partial charge is 0.397 e. The van der Waals surface area contributed by atoms with Crippen LogP contribution in [0.1, 0.15) is 11.4 Å². The summed E-state index contributed by atoms with van der Waals surface area (Å²) in [6.45, 7) is 0. The van der Waals surface area contributed by atoms with Gasteiger partial charge in [-0.2, -0.15) is 0 Å². The molecule has 3 rings (SSSR count). The molecular formula is C15H13N3. The zero-order chi connectivity index (χ0) is 12.4. The van der Waals surface area contributed by atoms with Crippen LogP contribution in [-0.2, 0) is 6.42 Å². The van der Waals surface area contributed by atoms with Crippen LogP contribution >= 0.6 is 0 Å². The third-order valence-corrected chi connectivity index (χ3v) is 2.93. The Labute approximate surface area is 105 Å². The molecule has 0 spiro atoms. The fraction of sp³-hybridized carbons (Fsp3) is 0.0667. The molecule has 0 saturated heterocycles. The minimum absolute atomic E-state index is 0.664. The van der Waals surface area contributed by atoms with Gasteiger partial charge in [-0.15, -0.1) is 0 Å². The van der Waals surface area contributed by atoms with E-state index in [1.54, 1.807) is 6.20 Å². The minimum atomic E-state index is 0.664. The van der Waals surface area contributed by atoms with Gasteiger partial charge in [0.1, 0.15) is 0 Å². The van der Waals surface area contributed by atoms with Gasteiger partial charge in [0.2, 0.25) is 0 Å². The number of hydrogen-bond acceptors (Lipinski definition) is 3. The van der Waals surface area contributed by atoms with Gasteiger partial charge in [0.15, 0.2) is 0 Å². The third-order valence-electron chi connectivity index (χ3n) is 2.93. The second kappa shape index (κ2) is 4.45. The van der Waals surface area contributed by atoms with E-state index in [4.69, 9.17) is 5.73 Å². The molecule has 0 amide bonds. The summed E-state index contributed by atoms with van der Waals surface area (Å²) in [5, 5.41) is 1.15. The second-order valence-corrected chi connectivity index (χ2v) is 4.21. The van der Waals surface area contributed by atoms with Crippen LogP contribution in [-0.4, -0.2) is 9.97 Å². The Bertz CT molecular complexity index is 692. The summed E-state index contributed by atoms with van der Waals surface area (Å²) in [7, 11) is 0. The highest BCUT2D eigenvalue weighted by Gasteiger charge is 2.03. The molecule has 0 aliphatic rings. The summed E-state index contributed by atoms with van der Waals surface area (Å²) in [4.78, 5) is 8.90. The van der Waals surface area contributed by atoms with Gasteiger partial charge in [-0.25, -0.2) is 0 Å². The van der Waals surface area contributed by atoms with Crippen molar-refractivity contribution in [3.63, 3.8) is 0 Å². The first-order chi connectivity index (χ1) is 8.83. The molecule has 0 radical (unpaired) electrons. The molecule has 0 atom stereocenters. The zero-order valence-corrected chi connectivity index (χ0v) is 9.88. The van der Waals surface area contributed by atoms with E-state index in [2.05, 4.69) is 22.1 Å². The average molecular weight is 235 g/mol. The summed E-state index contributed by atoms with van der Waals surface area (Å²) >= 11 is 0. The Kier molecular flexibility index (Phi) is 2.65. The summed E-state index contributed by atoms with van der Waals surface area (Å²) in [6.07, 6.45) is 2.42. The van der Waals surface area contributed by atoms with E-state index < -0.39 is 0 Å². The number of nitrogens with two attached hydrogens (primary N) is 1. The number of para-hydroxylation sites is 1. The van der Waals surface area contributed by atoms with E-state index in [1.165, 1.54) is 0 Å². The van der Waals surface area contributed by atoms with E-state index in [9.17, 15) is 0 Å². The third kappa shape index (κ3) is 2.02. The van der Waals surface area contributed by atoms with Crippen molar-refractivity contribution >= 4 is 16.6 Å². The number of fused-ring (bicyclic) bond motifs is 1. The molecular weight excluding hydrogens is 222 g/mol. The van der Waals surface area contributed by atoms with Gasteiger partial charge in [0.05, 0.1) is 16.9 Å². The van der Waals surface area contributed by atoms with Crippen LogP contribution in [0.15, 0.2) is 54.7 Å². The van der Waals surface area contributed by atoms with Gasteiger partial charge in [0.25, 0.3) is 0 Å². The summed E-state index contributed by atoms with van der Waals surface area (Å²) < 4.78 is 0. The van der Waals surface area contributed by atoms with Gasteiger partial charge in [-0.05, 0) is 24.3 Å². The lowest BCUT2D eigenvalue weighted by molar-refractivity contribution is 1.03. The molecule has 2 N–H and O–H groups in total. The van der Waals surface area contributed by atoms with Gasteiger partial charge >= 0.3 is 0 Å². The van der Waals surface area contributed by atoms with Crippen molar-refractivity contribution in [3.8, 4) is 0 Å². The first kappa shape index (κ1) is 10.7. The minimum Gasteiger partial charge on any atom is -0.397 e. The molecule has 2 aromatic heterocycles. The average Bonchev–Trinajstić information content (AvgIpc) is 2.41. The van der Waals surface area contributed by atoms with Crippen LogP contribution in [0.4, 0.5) is 5.69 Å². The predicted octanol–water partition coefficient (Wildman–Crippen LogP) is 2.80. The SMILES string of the molecule is Nc1cccnc1Cc1ccc2ccccc2n1. The van der Waals surface area contributed by atoms with Crippen LogP contribution in [0.3, 0.4) is 0 Å². The number of aromatic nitrogens is 2. The van der Waals surface area contributed by atoms with Crippen molar-refractivity contribution in [1.29, 1.82) is 0 Å². The molecule has 88 valence electrons. The highest BCUT2D eigenvalue weighted by atomic mass is 14.8. The Morgan fingerprint density at radius 3 is 2.72 bits per heavy atom. The molecule has 0 aliphatic carbocycles. The van der Waals surface area contributed by atoms with Crippen LogP contribution in [0.5, 0.6) is 0 Å². The Hall–Kier alpha value is -2.42. The first-order valence-electron chi connectivity index (χ1n) is 5.87. The molecule has 0 fully saturated rings. The number of anilines is 1. The van der Waals surface area contributed by atoms with Gasteiger partial charge in [-0.1, -0.05) is 24.3 Å². The van der Waals surface area contributed by atoms with E-state index in [0.29, 0.717) is 12.1 Å². The van der Waals surface area contributed by atoms with Crippen LogP contribution in [0.2, 0.25) is 0 Å². The Balaban J connectivity index is 1.98. The van der Waals surface area contributed by atoms with Gasteiger partial charge in [0, 0.05) is 23.7 Å². The topological polar surface area (TPSA) is 51.8 Å². The van der Waals surface area contributed by atoms with Crippen molar-refractivity contribution in [1.82, 2.24) is 9.97 Å². The molecule has 0 bridgehead atoms. The van der Waals surface area contributed by atoms with Crippen molar-refractivity contribution < 1.29 is 0 Å². The predicted molar refractivity (Wildman–Crippen MR) is 73.2 cm³/mol. The smallest absolute Gasteiger partial charge is 0.0705 e. The fourth-order valence-corrected chi connectivity index (χ4v) is 1.98. The molecule has 3 aromatic rings. The van der Waals surface area contributed by atoms with E-state index >= 15 is 0 Å². The first-order valence-corrected chi connectivity index (χ1v) is 5.87. The highest BCUT2D eigenvalue weighted by Crippen LogP contribution is 2.16. The summed E-state index contributed by atoms with van der Waals surface area (Å²) in [6, 6.07) is 15.9. The Morgan fingerprint density at radius 2 is 1.83 bits per heavy atom. The van der Waals surface area contributed by atoms with E-state index in [1.807, 2.05) is 36.4 Å². The lowest BCUT2D eigenvalue weighted by atomic mass is 10.1. The molecule has 1 aromatic carbocycles. The lowest BCUT2D eigenvalue weighted by Crippen LogP contribution is -2.00. The quantitative estimate of drug-likeness (QED) is 0.743. The van der Waals surface area contributed by atoms with Gasteiger partial charge in [-0.3, -0.25) is 9.97 Å².